The van der Waals surface area contributed by atoms with Crippen molar-refractivity contribution in [2.75, 3.05) is 14.1 Å². The number of hydrogen-bond donors (Lipinski definition) is 1. The van der Waals surface area contributed by atoms with Gasteiger partial charge in [0.05, 0.1) is 34.6 Å². The molecule has 0 saturated heterocycles. The maximum atomic E-state index is 13.7. The molecule has 0 bridgehead atoms. The predicted molar refractivity (Wildman–Crippen MR) is 132 cm³/mol. The molecule has 1 aromatic carbocycles. The molecule has 184 valence electrons. The minimum atomic E-state index is -1.36. The molecule has 0 spiro atoms. The molecule has 35 heavy (non-hydrogen) atoms. The highest BCUT2D eigenvalue weighted by molar-refractivity contribution is 5.89. The van der Waals surface area contributed by atoms with Crippen LogP contribution in [0.3, 0.4) is 0 Å². The third-order valence-corrected chi connectivity index (χ3v) is 6.70. The van der Waals surface area contributed by atoms with Crippen LogP contribution in [-0.2, 0) is 39.6 Å². The Bertz CT molecular complexity index is 1430. The Balaban J connectivity index is 1.74. The Morgan fingerprint density at radius 3 is 2.63 bits per heavy atom. The molecule has 2 aliphatic heterocycles. The number of nitrogens with zero attached hydrogens (tertiary/aromatic N) is 3. The molecule has 8 heteroatoms. The number of hydrogen-bond acceptors (Lipinski definition) is 7. The van der Waals surface area contributed by atoms with Crippen molar-refractivity contribution in [3.05, 3.63) is 56.9 Å². The first-order valence-electron chi connectivity index (χ1n) is 11.9. The van der Waals surface area contributed by atoms with Crippen molar-refractivity contribution in [3.8, 4) is 17.1 Å². The second-order valence-electron chi connectivity index (χ2n) is 10.6. The summed E-state index contributed by atoms with van der Waals surface area (Å²) in [7, 11) is 3.89. The van der Waals surface area contributed by atoms with E-state index in [0.717, 1.165) is 22.0 Å². The average Bonchev–Trinajstić information content (AvgIpc) is 3.14. The molecule has 8 nitrogen and oxygen atoms in total. The van der Waals surface area contributed by atoms with Crippen molar-refractivity contribution >= 4 is 16.9 Å². The van der Waals surface area contributed by atoms with Crippen molar-refractivity contribution in [1.82, 2.24) is 14.5 Å². The molecule has 0 unspecified atom stereocenters. The summed E-state index contributed by atoms with van der Waals surface area (Å²) in [6.45, 7) is 8.37. The fourth-order valence-corrected chi connectivity index (χ4v) is 5.26. The summed E-state index contributed by atoms with van der Waals surface area (Å²) in [6, 6.07) is 7.35. The van der Waals surface area contributed by atoms with Crippen LogP contribution in [0.5, 0.6) is 5.75 Å². The number of fused-ring (bicyclic) bond motifs is 5. The molecule has 1 N–H and O–H groups in total. The van der Waals surface area contributed by atoms with Crippen molar-refractivity contribution in [2.24, 2.45) is 0 Å². The van der Waals surface area contributed by atoms with Crippen molar-refractivity contribution in [3.63, 3.8) is 0 Å². The van der Waals surface area contributed by atoms with Crippen LogP contribution in [0, 0.1) is 0 Å². The van der Waals surface area contributed by atoms with Crippen molar-refractivity contribution in [2.45, 2.75) is 65.0 Å². The topological polar surface area (TPSA) is 93.9 Å². The number of rotatable bonds is 4. The summed E-state index contributed by atoms with van der Waals surface area (Å²) in [5, 5.41) is 11.4. The fourth-order valence-electron chi connectivity index (χ4n) is 5.26. The lowest BCUT2D eigenvalue weighted by Gasteiger charge is -2.40. The van der Waals surface area contributed by atoms with Gasteiger partial charge in [-0.1, -0.05) is 6.92 Å². The predicted octanol–water partition coefficient (Wildman–Crippen LogP) is 3.67. The first kappa shape index (κ1) is 23.5. The van der Waals surface area contributed by atoms with E-state index >= 15 is 0 Å². The normalized spacial score (nSPS) is 19.0. The third kappa shape index (κ3) is 3.63. The maximum Gasteiger partial charge on any atom is 0.343 e. The van der Waals surface area contributed by atoms with Gasteiger partial charge in [-0.2, -0.15) is 0 Å². The summed E-state index contributed by atoms with van der Waals surface area (Å²) in [5.41, 5.74) is 2.64. The Hall–Kier alpha value is -3.23. The maximum absolute atomic E-state index is 13.7. The highest BCUT2D eigenvalue weighted by Crippen LogP contribution is 2.43. The summed E-state index contributed by atoms with van der Waals surface area (Å²) in [4.78, 5) is 33.6. The van der Waals surface area contributed by atoms with Gasteiger partial charge in [-0.15, -0.1) is 0 Å². The third-order valence-electron chi connectivity index (χ3n) is 6.70. The Morgan fingerprint density at radius 1 is 1.23 bits per heavy atom. The van der Waals surface area contributed by atoms with Crippen LogP contribution in [0.25, 0.3) is 22.3 Å². The molecule has 2 aromatic heterocycles. The van der Waals surface area contributed by atoms with Gasteiger partial charge in [-0.05, 0) is 65.6 Å². The Morgan fingerprint density at radius 2 is 1.97 bits per heavy atom. The molecule has 0 radical (unpaired) electrons. The summed E-state index contributed by atoms with van der Waals surface area (Å²) < 4.78 is 13.5. The molecule has 4 heterocycles. The zero-order chi connectivity index (χ0) is 25.3. The standard InChI is InChI=1S/C27H31N3O5/c1-7-27(35-26(2,3)4)19-11-21-23-15(12-30(21)24(32)18(19)14-34-25(27)33)10-16-17(13-29(5)6)22(31)9-8-20(16)28-23/h8-11,31H,7,12-14H2,1-6H3/t27-/m0/s1. The van der Waals surface area contributed by atoms with Crippen LogP contribution in [0.1, 0.15) is 56.4 Å². The number of phenols is 1. The van der Waals surface area contributed by atoms with E-state index in [0.29, 0.717) is 42.0 Å². The van der Waals surface area contributed by atoms with Gasteiger partial charge in [0.25, 0.3) is 5.56 Å². The number of pyridine rings is 2. The van der Waals surface area contributed by atoms with Crippen LogP contribution >= 0.6 is 0 Å². The molecule has 3 aromatic rings. The monoisotopic (exact) mass is 477 g/mol. The van der Waals surface area contributed by atoms with E-state index in [1.54, 1.807) is 16.7 Å². The minimum absolute atomic E-state index is 0.0743. The first-order chi connectivity index (χ1) is 16.4. The van der Waals surface area contributed by atoms with Crippen molar-refractivity contribution in [1.29, 1.82) is 0 Å². The first-order valence-corrected chi connectivity index (χ1v) is 11.9. The zero-order valence-electron chi connectivity index (χ0n) is 21.1. The molecule has 0 aliphatic carbocycles. The summed E-state index contributed by atoms with van der Waals surface area (Å²) >= 11 is 0. The molecular formula is C27H31N3O5. The largest absolute Gasteiger partial charge is 0.508 e. The highest BCUT2D eigenvalue weighted by Gasteiger charge is 2.50. The molecule has 0 fully saturated rings. The van der Waals surface area contributed by atoms with Crippen molar-refractivity contribution < 1.29 is 19.4 Å². The van der Waals surface area contributed by atoms with Crippen LogP contribution < -0.4 is 5.56 Å². The number of esters is 1. The highest BCUT2D eigenvalue weighted by atomic mass is 16.6. The van der Waals surface area contributed by atoms with Gasteiger partial charge in [-0.3, -0.25) is 4.79 Å². The molecule has 0 saturated carbocycles. The number of cyclic esters (lactones) is 1. The lowest BCUT2D eigenvalue weighted by Crippen LogP contribution is -2.49. The van der Waals surface area contributed by atoms with Gasteiger partial charge in [0.1, 0.15) is 12.4 Å². The number of carbonyl (C=O) groups is 1. The van der Waals surface area contributed by atoms with Gasteiger partial charge in [-0.25, -0.2) is 9.78 Å². The zero-order valence-corrected chi connectivity index (χ0v) is 21.1. The fraction of sp³-hybridized carbons (Fsp3) is 0.444. The lowest BCUT2D eigenvalue weighted by atomic mass is 9.84. The average molecular weight is 478 g/mol. The summed E-state index contributed by atoms with van der Waals surface area (Å²) in [5.74, 6) is -0.251. The minimum Gasteiger partial charge on any atom is -0.508 e. The van der Waals surface area contributed by atoms with E-state index in [1.807, 2.05) is 58.8 Å². The van der Waals surface area contributed by atoms with E-state index in [2.05, 4.69) is 0 Å². The van der Waals surface area contributed by atoms with Gasteiger partial charge in [0, 0.05) is 28.6 Å². The number of aromatic nitrogens is 2. The molecular weight excluding hydrogens is 446 g/mol. The van der Waals surface area contributed by atoms with E-state index in [4.69, 9.17) is 14.5 Å². The second-order valence-corrected chi connectivity index (χ2v) is 10.6. The lowest BCUT2D eigenvalue weighted by molar-refractivity contribution is -0.200. The van der Waals surface area contributed by atoms with Crippen LogP contribution in [-0.4, -0.2) is 45.2 Å². The van der Waals surface area contributed by atoms with Gasteiger partial charge < -0.3 is 24.0 Å². The van der Waals surface area contributed by atoms with E-state index < -0.39 is 17.2 Å². The number of ether oxygens (including phenoxy) is 2. The van der Waals surface area contributed by atoms with Gasteiger partial charge >= 0.3 is 5.97 Å². The van der Waals surface area contributed by atoms with Crippen LogP contribution in [0.2, 0.25) is 0 Å². The second kappa shape index (κ2) is 7.90. The van der Waals surface area contributed by atoms with E-state index in [1.165, 1.54) is 0 Å². The number of benzene rings is 1. The van der Waals surface area contributed by atoms with Crippen LogP contribution in [0.15, 0.2) is 29.1 Å². The van der Waals surface area contributed by atoms with Gasteiger partial charge in [0.15, 0.2) is 5.60 Å². The quantitative estimate of drug-likeness (QED) is 0.448. The number of aromatic hydroxyl groups is 1. The SMILES string of the molecule is CC[C@@]1(OC(C)(C)C)C(=O)OCc2c1cc1n(c2=O)Cc2cc3c(CN(C)C)c(O)ccc3nc2-1. The Kier molecular flexibility index (Phi) is 5.30. The number of phenolic OH excluding ortho intramolecular Hbond substituents is 1. The molecule has 1 atom stereocenters. The summed E-state index contributed by atoms with van der Waals surface area (Å²) in [6.07, 6.45) is 0.337. The molecule has 2 aliphatic rings. The van der Waals surface area contributed by atoms with Gasteiger partial charge in [0.2, 0.25) is 0 Å². The van der Waals surface area contributed by atoms with Crippen LogP contribution in [0.4, 0.5) is 0 Å². The smallest absolute Gasteiger partial charge is 0.343 e. The Labute approximate surface area is 204 Å². The van der Waals surface area contributed by atoms with E-state index in [9.17, 15) is 14.7 Å². The molecule has 5 rings (SSSR count). The molecule has 0 amide bonds. The number of carbonyl (C=O) groups excluding carboxylic acids is 1. The van der Waals surface area contributed by atoms with E-state index in [-0.39, 0.29) is 17.9 Å².